The number of piperidine rings is 1. The Morgan fingerprint density at radius 1 is 1.44 bits per heavy atom. The molecule has 2 aliphatic heterocycles. The average Bonchev–Trinajstić information content (AvgIpc) is 2.55. The second-order valence-electron chi connectivity index (χ2n) is 6.50. The monoisotopic (exact) mass is 370 g/mol. The number of carbonyl (C=O) groups excluding carboxylic acids is 1. The average molecular weight is 370 g/mol. The highest BCUT2D eigenvalue weighted by molar-refractivity contribution is 7.59. The van der Waals surface area contributed by atoms with E-state index >= 15 is 0 Å². The van der Waals surface area contributed by atoms with E-state index in [1.54, 1.807) is 0 Å². The number of fused-ring (bicyclic) bond motifs is 3. The lowest BCUT2D eigenvalue weighted by Gasteiger charge is -2.46. The van der Waals surface area contributed by atoms with Crippen molar-refractivity contribution in [3.63, 3.8) is 0 Å². The van der Waals surface area contributed by atoms with Crippen LogP contribution in [-0.4, -0.2) is 43.5 Å². The fraction of sp³-hybridized carbons (Fsp3) is 0.611. The van der Waals surface area contributed by atoms with Crippen LogP contribution in [-0.2, 0) is 11.2 Å². The predicted octanol–water partition coefficient (Wildman–Crippen LogP) is 2.94. The number of rotatable bonds is 5. The van der Waals surface area contributed by atoms with E-state index in [2.05, 4.69) is 17.0 Å². The summed E-state index contributed by atoms with van der Waals surface area (Å²) in [5.41, 5.74) is 7.75. The Labute approximate surface area is 155 Å². The molecule has 2 aliphatic rings. The van der Waals surface area contributed by atoms with Crippen molar-refractivity contribution in [1.29, 1.82) is 0 Å². The Hall–Kier alpha value is -1.47. The number of carbonyl (C=O) groups is 1. The minimum absolute atomic E-state index is 0. The van der Waals surface area contributed by atoms with Crippen molar-refractivity contribution in [2.24, 2.45) is 11.7 Å². The molecule has 2 N–H and O–H groups in total. The zero-order valence-corrected chi connectivity index (χ0v) is 15.5. The van der Waals surface area contributed by atoms with Gasteiger partial charge in [-0.25, -0.2) is 4.79 Å². The van der Waals surface area contributed by atoms with Gasteiger partial charge in [-0.1, -0.05) is 6.07 Å². The van der Waals surface area contributed by atoms with Crippen LogP contribution < -0.4 is 10.5 Å². The molecule has 25 heavy (non-hydrogen) atoms. The third kappa shape index (κ3) is 4.39. The number of primary amides is 1. The molecule has 0 spiro atoms. The Balaban J connectivity index is 0.00000225. The Bertz CT molecular complexity index is 602. The number of ether oxygens (including phenoxy) is 2. The fourth-order valence-electron chi connectivity index (χ4n) is 4.03. The molecule has 1 aromatic rings. The standard InChI is InChI=1S/C18H25FN2O3.H2S/c1-2-23-14-3-4-15-12(9-14)6-8-21-11-13(5-7-19)17(10-16(15)21)24-18(20)22;/h3-4,9,13,16-17H,2,5-8,10-11H2,1H3,(H2,20,22);1H2/t13-,16-,17+;/m1./s1/i19+0;. The number of halogens is 1. The normalized spacial score (nSPS) is 25.3. The van der Waals surface area contributed by atoms with Crippen LogP contribution in [0.25, 0.3) is 0 Å². The zero-order valence-electron chi connectivity index (χ0n) is 14.5. The van der Waals surface area contributed by atoms with Gasteiger partial charge in [-0.2, -0.15) is 13.5 Å². The van der Waals surface area contributed by atoms with E-state index in [0.29, 0.717) is 19.4 Å². The number of hydrogen-bond acceptors (Lipinski definition) is 4. The third-order valence-corrected chi connectivity index (χ3v) is 5.09. The maximum absolute atomic E-state index is 12.9. The van der Waals surface area contributed by atoms with Crippen LogP contribution >= 0.6 is 13.5 Å². The van der Waals surface area contributed by atoms with E-state index in [1.165, 1.54) is 11.1 Å². The van der Waals surface area contributed by atoms with E-state index in [1.807, 2.05) is 13.0 Å². The molecule has 5 nitrogen and oxygen atoms in total. The van der Waals surface area contributed by atoms with Gasteiger partial charge in [-0.15, -0.1) is 0 Å². The Morgan fingerprint density at radius 2 is 2.24 bits per heavy atom. The van der Waals surface area contributed by atoms with Gasteiger partial charge in [0.1, 0.15) is 11.9 Å². The van der Waals surface area contributed by atoms with Crippen LogP contribution in [0.4, 0.5) is 9.18 Å². The molecule has 0 aromatic heterocycles. The summed E-state index contributed by atoms with van der Waals surface area (Å²) < 4.78 is 23.8. The predicted molar refractivity (Wildman–Crippen MR) is 99.2 cm³/mol. The smallest absolute Gasteiger partial charge is 0.404 e. The van der Waals surface area contributed by atoms with E-state index in [4.69, 9.17) is 15.2 Å². The number of amides is 1. The van der Waals surface area contributed by atoms with Crippen LogP contribution in [0.3, 0.4) is 0 Å². The van der Waals surface area contributed by atoms with Gasteiger partial charge < -0.3 is 15.2 Å². The molecule has 1 saturated heterocycles. The molecular formula is C18H27FN2O3S. The Morgan fingerprint density at radius 3 is 2.92 bits per heavy atom. The molecule has 7 heteroatoms. The topological polar surface area (TPSA) is 64.8 Å². The molecule has 1 aromatic carbocycles. The molecular weight excluding hydrogens is 343 g/mol. The number of alkyl halides is 1. The van der Waals surface area contributed by atoms with Crippen LogP contribution in [0.1, 0.15) is 36.9 Å². The van der Waals surface area contributed by atoms with Crippen molar-refractivity contribution in [3.8, 4) is 5.75 Å². The first-order valence-corrected chi connectivity index (χ1v) is 8.64. The fourth-order valence-corrected chi connectivity index (χ4v) is 4.03. The maximum atomic E-state index is 12.9. The molecule has 3 atom stereocenters. The summed E-state index contributed by atoms with van der Waals surface area (Å²) in [6.45, 7) is 3.88. The molecule has 1 fully saturated rings. The summed E-state index contributed by atoms with van der Waals surface area (Å²) in [5.74, 6) is 0.892. The minimum Gasteiger partial charge on any atom is -0.494 e. The van der Waals surface area contributed by atoms with Crippen molar-refractivity contribution in [1.82, 2.24) is 4.90 Å². The first-order chi connectivity index (χ1) is 11.6. The van der Waals surface area contributed by atoms with Gasteiger partial charge in [0.25, 0.3) is 0 Å². The third-order valence-electron chi connectivity index (χ3n) is 5.09. The van der Waals surface area contributed by atoms with Gasteiger partial charge in [-0.05, 0) is 43.0 Å². The second kappa shape index (κ2) is 8.76. The number of nitrogens with two attached hydrogens (primary N) is 1. The van der Waals surface area contributed by atoms with Crippen molar-refractivity contribution in [2.45, 2.75) is 38.3 Å². The first-order valence-electron chi connectivity index (χ1n) is 8.64. The van der Waals surface area contributed by atoms with Gasteiger partial charge in [0.05, 0.1) is 13.3 Å². The maximum Gasteiger partial charge on any atom is 0.404 e. The van der Waals surface area contributed by atoms with E-state index < -0.39 is 12.8 Å². The lowest BCUT2D eigenvalue weighted by atomic mass is 9.81. The number of hydrogen-bond donors (Lipinski definition) is 1. The van der Waals surface area contributed by atoms with Crippen molar-refractivity contribution >= 4 is 19.6 Å². The summed E-state index contributed by atoms with van der Waals surface area (Å²) in [6.07, 6.45) is 0.916. The zero-order chi connectivity index (χ0) is 17.1. The summed E-state index contributed by atoms with van der Waals surface area (Å²) in [6, 6.07) is 6.38. The molecule has 0 saturated carbocycles. The van der Waals surface area contributed by atoms with Crippen LogP contribution in [0.15, 0.2) is 18.2 Å². The summed E-state index contributed by atoms with van der Waals surface area (Å²) >= 11 is 0. The van der Waals surface area contributed by atoms with Crippen LogP contribution in [0.2, 0.25) is 0 Å². The van der Waals surface area contributed by atoms with Gasteiger partial charge >= 0.3 is 6.09 Å². The minimum atomic E-state index is -0.778. The summed E-state index contributed by atoms with van der Waals surface area (Å²) in [4.78, 5) is 13.6. The quantitative estimate of drug-likeness (QED) is 0.865. The van der Waals surface area contributed by atoms with Crippen molar-refractivity contribution in [2.75, 3.05) is 26.4 Å². The Kier molecular flexibility index (Phi) is 6.95. The lowest BCUT2D eigenvalue weighted by molar-refractivity contribution is -0.0245. The lowest BCUT2D eigenvalue weighted by Crippen LogP contribution is -2.49. The molecule has 0 aliphatic carbocycles. The van der Waals surface area contributed by atoms with Gasteiger partial charge in [0.2, 0.25) is 0 Å². The first kappa shape index (κ1) is 19.8. The van der Waals surface area contributed by atoms with Crippen molar-refractivity contribution in [3.05, 3.63) is 29.3 Å². The van der Waals surface area contributed by atoms with E-state index in [-0.39, 0.29) is 31.6 Å². The molecule has 0 radical (unpaired) electrons. The van der Waals surface area contributed by atoms with E-state index in [0.717, 1.165) is 25.3 Å². The molecule has 1 amide bonds. The van der Waals surface area contributed by atoms with Gasteiger partial charge in [-0.3, -0.25) is 9.29 Å². The van der Waals surface area contributed by atoms with Gasteiger partial charge in [0.15, 0.2) is 0 Å². The second-order valence-corrected chi connectivity index (χ2v) is 6.50. The highest BCUT2D eigenvalue weighted by Gasteiger charge is 2.40. The van der Waals surface area contributed by atoms with Crippen LogP contribution in [0.5, 0.6) is 5.75 Å². The van der Waals surface area contributed by atoms with E-state index in [9.17, 15) is 9.18 Å². The molecule has 0 unspecified atom stereocenters. The molecule has 2 heterocycles. The molecule has 140 valence electrons. The summed E-state index contributed by atoms with van der Waals surface area (Å²) in [7, 11) is 0. The van der Waals surface area contributed by atoms with Crippen LogP contribution in [0, 0.1) is 5.92 Å². The summed E-state index contributed by atoms with van der Waals surface area (Å²) in [5, 5.41) is 0. The largest absolute Gasteiger partial charge is 0.494 e. The van der Waals surface area contributed by atoms with Gasteiger partial charge in [0, 0.05) is 31.5 Å². The number of nitrogens with zero attached hydrogens (tertiary/aromatic N) is 1. The van der Waals surface area contributed by atoms with Crippen molar-refractivity contribution < 1.29 is 18.7 Å². The highest BCUT2D eigenvalue weighted by atomic mass is 32.1. The molecule has 0 bridgehead atoms. The highest BCUT2D eigenvalue weighted by Crippen LogP contribution is 2.41. The molecule has 3 rings (SSSR count). The SMILES string of the molecule is CCOc1ccc2c(c1)CCN1C[C@@H](CC[19F])[C@@H](OC(N)=O)C[C@H]21.S. The number of benzene rings is 1.